The number of hydrogen-bond acceptors (Lipinski definition) is 2. The first-order chi connectivity index (χ1) is 9.67. The molecule has 20 heavy (non-hydrogen) atoms. The summed E-state index contributed by atoms with van der Waals surface area (Å²) in [6.07, 6.45) is 4.47. The van der Waals surface area contributed by atoms with E-state index in [-0.39, 0.29) is 0 Å². The van der Waals surface area contributed by atoms with Crippen molar-refractivity contribution < 1.29 is 5.11 Å². The van der Waals surface area contributed by atoms with Gasteiger partial charge in [-0.1, -0.05) is 48.9 Å². The first-order valence-electron chi connectivity index (χ1n) is 7.61. The minimum absolute atomic E-state index is 0.428. The van der Waals surface area contributed by atoms with E-state index >= 15 is 0 Å². The predicted molar refractivity (Wildman–Crippen MR) is 83.8 cm³/mol. The predicted octanol–water partition coefficient (Wildman–Crippen LogP) is 3.58. The van der Waals surface area contributed by atoms with Crippen LogP contribution in [-0.4, -0.2) is 17.7 Å². The summed E-state index contributed by atoms with van der Waals surface area (Å²) in [6, 6.07) is 14.9. The summed E-state index contributed by atoms with van der Waals surface area (Å²) in [5.41, 5.74) is 0.263. The van der Waals surface area contributed by atoms with E-state index in [0.29, 0.717) is 6.04 Å². The van der Waals surface area contributed by atoms with Gasteiger partial charge in [0.1, 0.15) is 0 Å². The number of nitrogens with one attached hydrogen (secondary N) is 1. The second-order valence-corrected chi connectivity index (χ2v) is 6.15. The van der Waals surface area contributed by atoms with Crippen LogP contribution in [0.4, 0.5) is 0 Å². The van der Waals surface area contributed by atoms with Gasteiger partial charge in [-0.25, -0.2) is 0 Å². The molecule has 2 aromatic rings. The average Bonchev–Trinajstić information content (AvgIpc) is 2.47. The van der Waals surface area contributed by atoms with Crippen LogP contribution >= 0.6 is 0 Å². The topological polar surface area (TPSA) is 32.3 Å². The highest BCUT2D eigenvalue weighted by molar-refractivity contribution is 5.86. The summed E-state index contributed by atoms with van der Waals surface area (Å²) >= 11 is 0. The lowest BCUT2D eigenvalue weighted by molar-refractivity contribution is 0.0346. The summed E-state index contributed by atoms with van der Waals surface area (Å²) in [4.78, 5) is 0. The molecule has 2 nitrogen and oxygen atoms in total. The Labute approximate surface area is 120 Å². The Kier molecular flexibility index (Phi) is 3.77. The molecule has 1 fully saturated rings. The van der Waals surface area contributed by atoms with Gasteiger partial charge in [0.25, 0.3) is 0 Å². The minimum atomic E-state index is -0.782. The summed E-state index contributed by atoms with van der Waals surface area (Å²) in [7, 11) is 0. The van der Waals surface area contributed by atoms with Crippen molar-refractivity contribution in [2.75, 3.05) is 6.54 Å². The zero-order valence-electron chi connectivity index (χ0n) is 12.1. The van der Waals surface area contributed by atoms with E-state index in [1.54, 1.807) is 0 Å². The maximum atomic E-state index is 11.0. The molecule has 2 atom stereocenters. The molecule has 0 amide bonds. The normalized spacial score (nSPS) is 22.6. The van der Waals surface area contributed by atoms with Crippen molar-refractivity contribution in [2.45, 2.75) is 44.2 Å². The average molecular weight is 269 g/mol. The van der Waals surface area contributed by atoms with Crippen LogP contribution in [0.3, 0.4) is 0 Å². The first kappa shape index (κ1) is 13.6. The van der Waals surface area contributed by atoms with Gasteiger partial charge in [0.05, 0.1) is 5.60 Å². The van der Waals surface area contributed by atoms with Crippen LogP contribution in [0.25, 0.3) is 10.8 Å². The molecule has 0 spiro atoms. The number of benzene rings is 2. The fourth-order valence-electron chi connectivity index (χ4n) is 3.38. The molecule has 1 aliphatic heterocycles. The molecule has 0 bridgehead atoms. The van der Waals surface area contributed by atoms with E-state index in [4.69, 9.17) is 0 Å². The van der Waals surface area contributed by atoms with Gasteiger partial charge in [0.15, 0.2) is 0 Å². The van der Waals surface area contributed by atoms with Gasteiger partial charge in [0.2, 0.25) is 0 Å². The van der Waals surface area contributed by atoms with Crippen molar-refractivity contribution in [2.24, 2.45) is 0 Å². The minimum Gasteiger partial charge on any atom is -0.385 e. The third-order valence-electron chi connectivity index (χ3n) is 4.43. The lowest BCUT2D eigenvalue weighted by Crippen LogP contribution is -2.39. The summed E-state index contributed by atoms with van der Waals surface area (Å²) < 4.78 is 0. The quantitative estimate of drug-likeness (QED) is 0.892. The van der Waals surface area contributed by atoms with Crippen molar-refractivity contribution in [3.05, 3.63) is 48.0 Å². The van der Waals surface area contributed by atoms with Crippen LogP contribution in [0, 0.1) is 0 Å². The second kappa shape index (κ2) is 5.55. The van der Waals surface area contributed by atoms with Crippen molar-refractivity contribution >= 4 is 10.8 Å². The van der Waals surface area contributed by atoms with Crippen LogP contribution < -0.4 is 5.32 Å². The number of rotatable bonds is 3. The fourth-order valence-corrected chi connectivity index (χ4v) is 3.38. The number of aliphatic hydroxyl groups is 1. The fraction of sp³-hybridized carbons (Fsp3) is 0.444. The molecule has 1 aliphatic rings. The molecule has 2 aromatic carbocycles. The Morgan fingerprint density at radius 1 is 1.15 bits per heavy atom. The SMILES string of the molecule is CC(O)(CC1CCCCN1)c1cccc2ccccc12. The molecular weight excluding hydrogens is 246 g/mol. The largest absolute Gasteiger partial charge is 0.385 e. The maximum Gasteiger partial charge on any atom is 0.0889 e. The van der Waals surface area contributed by atoms with E-state index in [9.17, 15) is 5.11 Å². The van der Waals surface area contributed by atoms with Crippen LogP contribution in [0.2, 0.25) is 0 Å². The molecule has 1 saturated heterocycles. The van der Waals surface area contributed by atoms with Crippen molar-refractivity contribution in [3.8, 4) is 0 Å². The smallest absolute Gasteiger partial charge is 0.0889 e. The van der Waals surface area contributed by atoms with Crippen LogP contribution in [0.5, 0.6) is 0 Å². The molecule has 2 heteroatoms. The van der Waals surface area contributed by atoms with E-state index < -0.39 is 5.60 Å². The summed E-state index contributed by atoms with van der Waals surface area (Å²) in [5, 5.41) is 16.9. The zero-order valence-corrected chi connectivity index (χ0v) is 12.1. The van der Waals surface area contributed by atoms with E-state index in [2.05, 4.69) is 29.6 Å². The van der Waals surface area contributed by atoms with Gasteiger partial charge >= 0.3 is 0 Å². The van der Waals surface area contributed by atoms with Gasteiger partial charge in [-0.05, 0) is 49.1 Å². The van der Waals surface area contributed by atoms with E-state index in [1.165, 1.54) is 24.6 Å². The third-order valence-corrected chi connectivity index (χ3v) is 4.43. The zero-order chi connectivity index (χ0) is 14.0. The molecule has 3 rings (SSSR count). The number of fused-ring (bicyclic) bond motifs is 1. The molecular formula is C18H23NO. The second-order valence-electron chi connectivity index (χ2n) is 6.15. The van der Waals surface area contributed by atoms with Gasteiger partial charge in [-0.2, -0.15) is 0 Å². The standard InChI is InChI=1S/C18H23NO/c1-18(20,13-15-9-4-5-12-19-15)17-11-6-8-14-7-2-3-10-16(14)17/h2-3,6-8,10-11,15,19-20H,4-5,9,12-13H2,1H3. The highest BCUT2D eigenvalue weighted by Crippen LogP contribution is 2.33. The molecule has 1 heterocycles. The Balaban J connectivity index is 1.91. The van der Waals surface area contributed by atoms with Crippen molar-refractivity contribution in [1.82, 2.24) is 5.32 Å². The lowest BCUT2D eigenvalue weighted by Gasteiger charge is -2.32. The number of piperidine rings is 1. The highest BCUT2D eigenvalue weighted by Gasteiger charge is 2.29. The Hall–Kier alpha value is -1.38. The van der Waals surface area contributed by atoms with Crippen LogP contribution in [0.1, 0.15) is 38.2 Å². The van der Waals surface area contributed by atoms with Gasteiger partial charge < -0.3 is 10.4 Å². The molecule has 0 radical (unpaired) electrons. The van der Waals surface area contributed by atoms with Gasteiger partial charge in [-0.15, -0.1) is 0 Å². The molecule has 2 N–H and O–H groups in total. The molecule has 2 unspecified atom stereocenters. The Bertz CT molecular complexity index is 579. The Morgan fingerprint density at radius 2 is 1.95 bits per heavy atom. The Morgan fingerprint density at radius 3 is 2.75 bits per heavy atom. The molecule has 0 aliphatic carbocycles. The van der Waals surface area contributed by atoms with Crippen molar-refractivity contribution in [1.29, 1.82) is 0 Å². The first-order valence-corrected chi connectivity index (χ1v) is 7.61. The van der Waals surface area contributed by atoms with Gasteiger partial charge in [0, 0.05) is 6.04 Å². The van der Waals surface area contributed by atoms with Crippen LogP contribution in [0.15, 0.2) is 42.5 Å². The highest BCUT2D eigenvalue weighted by atomic mass is 16.3. The maximum absolute atomic E-state index is 11.0. The molecule has 0 saturated carbocycles. The molecule has 106 valence electrons. The third kappa shape index (κ3) is 2.72. The van der Waals surface area contributed by atoms with E-state index in [0.717, 1.165) is 23.9 Å². The summed E-state index contributed by atoms with van der Waals surface area (Å²) in [6.45, 7) is 3.03. The van der Waals surface area contributed by atoms with E-state index in [1.807, 2.05) is 25.1 Å². The number of hydrogen-bond donors (Lipinski definition) is 2. The summed E-state index contributed by atoms with van der Waals surface area (Å²) in [5.74, 6) is 0. The monoisotopic (exact) mass is 269 g/mol. The van der Waals surface area contributed by atoms with Crippen molar-refractivity contribution in [3.63, 3.8) is 0 Å². The van der Waals surface area contributed by atoms with Crippen LogP contribution in [-0.2, 0) is 5.60 Å². The van der Waals surface area contributed by atoms with Gasteiger partial charge in [-0.3, -0.25) is 0 Å². The molecule has 0 aromatic heterocycles. The lowest BCUT2D eigenvalue weighted by atomic mass is 9.84.